The zero-order valence-electron chi connectivity index (χ0n) is 12.6. The molecule has 5 nitrogen and oxygen atoms in total. The number of nitrogens with two attached hydrogens (primary N) is 1. The molecule has 0 bridgehead atoms. The monoisotopic (exact) mass is 294 g/mol. The average molecular weight is 294 g/mol. The second-order valence-corrected chi connectivity index (χ2v) is 5.05. The number of ether oxygens (including phenoxy) is 1. The first kappa shape index (κ1) is 14.3. The Morgan fingerprint density at radius 2 is 1.86 bits per heavy atom. The third-order valence-corrected chi connectivity index (χ3v) is 3.48. The lowest BCUT2D eigenvalue weighted by molar-refractivity contribution is 0.185. The highest BCUT2D eigenvalue weighted by Crippen LogP contribution is 2.26. The van der Waals surface area contributed by atoms with E-state index in [1.54, 1.807) is 7.11 Å². The number of methoxy groups -OCH3 is 1. The lowest BCUT2D eigenvalue weighted by Gasteiger charge is -2.09. The van der Waals surface area contributed by atoms with Crippen LogP contribution in [-0.2, 0) is 11.3 Å². The first-order valence-electron chi connectivity index (χ1n) is 7.04. The van der Waals surface area contributed by atoms with Gasteiger partial charge in [0.05, 0.1) is 12.1 Å². The number of benzene rings is 2. The van der Waals surface area contributed by atoms with Gasteiger partial charge in [0.1, 0.15) is 5.82 Å². The highest BCUT2D eigenvalue weighted by molar-refractivity contribution is 5.92. The highest BCUT2D eigenvalue weighted by atomic mass is 16.5. The molecule has 0 atom stereocenters. The van der Waals surface area contributed by atoms with Crippen LogP contribution < -0.4 is 11.1 Å². The standard InChI is InChI=1S/C17H18N4O/c1-19-17-14-8-7-13(18)9-15(14)20-16(21-17)12-5-3-11(4-6-12)10-22-2/h3-9H,10,18H2,1-2H3,(H,19,20,21). The van der Waals surface area contributed by atoms with E-state index in [9.17, 15) is 0 Å². The van der Waals surface area contributed by atoms with Gasteiger partial charge in [-0.15, -0.1) is 0 Å². The summed E-state index contributed by atoms with van der Waals surface area (Å²) in [4.78, 5) is 9.23. The van der Waals surface area contributed by atoms with Crippen LogP contribution in [0.2, 0.25) is 0 Å². The topological polar surface area (TPSA) is 73.1 Å². The number of nitrogens with zero attached hydrogens (tertiary/aromatic N) is 2. The average Bonchev–Trinajstić information content (AvgIpc) is 2.54. The second-order valence-electron chi connectivity index (χ2n) is 5.05. The third-order valence-electron chi connectivity index (χ3n) is 3.48. The number of rotatable bonds is 4. The molecule has 0 radical (unpaired) electrons. The van der Waals surface area contributed by atoms with E-state index in [2.05, 4.69) is 15.3 Å². The van der Waals surface area contributed by atoms with Gasteiger partial charge in [0.15, 0.2) is 5.82 Å². The summed E-state index contributed by atoms with van der Waals surface area (Å²) < 4.78 is 5.13. The van der Waals surface area contributed by atoms with Crippen LogP contribution >= 0.6 is 0 Å². The Labute approximate surface area is 129 Å². The lowest BCUT2D eigenvalue weighted by Crippen LogP contribution is -1.99. The van der Waals surface area contributed by atoms with Gasteiger partial charge in [-0.1, -0.05) is 24.3 Å². The molecule has 0 aliphatic carbocycles. The van der Waals surface area contributed by atoms with E-state index in [1.807, 2.05) is 49.5 Å². The number of hydrogen-bond donors (Lipinski definition) is 2. The van der Waals surface area contributed by atoms with Crippen molar-refractivity contribution in [3.63, 3.8) is 0 Å². The fourth-order valence-corrected chi connectivity index (χ4v) is 2.38. The summed E-state index contributed by atoms with van der Waals surface area (Å²) in [7, 11) is 3.54. The van der Waals surface area contributed by atoms with Gasteiger partial charge in [-0.25, -0.2) is 9.97 Å². The number of fused-ring (bicyclic) bond motifs is 1. The van der Waals surface area contributed by atoms with Gasteiger partial charge in [-0.05, 0) is 23.8 Å². The minimum Gasteiger partial charge on any atom is -0.399 e. The molecule has 0 unspecified atom stereocenters. The van der Waals surface area contributed by atoms with Crippen LogP contribution in [0.15, 0.2) is 42.5 Å². The lowest BCUT2D eigenvalue weighted by atomic mass is 10.1. The summed E-state index contributed by atoms with van der Waals surface area (Å²) in [6.45, 7) is 0.594. The molecule has 112 valence electrons. The molecule has 3 N–H and O–H groups in total. The minimum atomic E-state index is 0.594. The maximum absolute atomic E-state index is 5.86. The number of nitrogen functional groups attached to an aromatic ring is 1. The van der Waals surface area contributed by atoms with Gasteiger partial charge >= 0.3 is 0 Å². The maximum atomic E-state index is 5.86. The van der Waals surface area contributed by atoms with Gasteiger partial charge in [0, 0.05) is 30.8 Å². The Kier molecular flexibility index (Phi) is 3.89. The molecule has 0 fully saturated rings. The van der Waals surface area contributed by atoms with Crippen LogP contribution in [0.1, 0.15) is 5.56 Å². The molecule has 0 aliphatic rings. The van der Waals surface area contributed by atoms with Crippen LogP contribution in [0.4, 0.5) is 11.5 Å². The molecule has 0 spiro atoms. The molecule has 22 heavy (non-hydrogen) atoms. The first-order valence-corrected chi connectivity index (χ1v) is 7.04. The predicted molar refractivity (Wildman–Crippen MR) is 89.6 cm³/mol. The van der Waals surface area contributed by atoms with Crippen molar-refractivity contribution in [1.82, 2.24) is 9.97 Å². The first-order chi connectivity index (χ1) is 10.7. The summed E-state index contributed by atoms with van der Waals surface area (Å²) in [6, 6.07) is 13.7. The third kappa shape index (κ3) is 2.71. The maximum Gasteiger partial charge on any atom is 0.162 e. The van der Waals surface area contributed by atoms with Crippen molar-refractivity contribution in [3.05, 3.63) is 48.0 Å². The molecule has 0 saturated carbocycles. The molecule has 5 heteroatoms. The zero-order valence-corrected chi connectivity index (χ0v) is 12.6. The van der Waals surface area contributed by atoms with Crippen molar-refractivity contribution in [1.29, 1.82) is 0 Å². The Hall–Kier alpha value is -2.66. The molecule has 3 rings (SSSR count). The molecule has 1 heterocycles. The van der Waals surface area contributed by atoms with Gasteiger partial charge in [0.2, 0.25) is 0 Å². The SMILES string of the molecule is CNc1nc(-c2ccc(COC)cc2)nc2cc(N)ccc12. The smallest absolute Gasteiger partial charge is 0.162 e. The Bertz CT molecular complexity index is 800. The summed E-state index contributed by atoms with van der Waals surface area (Å²) in [5.41, 5.74) is 9.46. The van der Waals surface area contributed by atoms with Gasteiger partial charge in [0.25, 0.3) is 0 Å². The van der Waals surface area contributed by atoms with E-state index in [0.29, 0.717) is 18.1 Å². The minimum absolute atomic E-state index is 0.594. The quantitative estimate of drug-likeness (QED) is 0.723. The van der Waals surface area contributed by atoms with E-state index in [4.69, 9.17) is 10.5 Å². The molecular formula is C17H18N4O. The van der Waals surface area contributed by atoms with E-state index >= 15 is 0 Å². The van der Waals surface area contributed by atoms with Crippen LogP contribution in [-0.4, -0.2) is 24.1 Å². The van der Waals surface area contributed by atoms with Crippen LogP contribution in [0, 0.1) is 0 Å². The molecule has 2 aromatic carbocycles. The number of nitrogens with one attached hydrogen (secondary N) is 1. The van der Waals surface area contributed by atoms with E-state index in [0.717, 1.165) is 27.8 Å². The Balaban J connectivity index is 2.09. The summed E-state index contributed by atoms with van der Waals surface area (Å²) in [5.74, 6) is 1.47. The van der Waals surface area contributed by atoms with Crippen molar-refractivity contribution >= 4 is 22.4 Å². The summed E-state index contributed by atoms with van der Waals surface area (Å²) in [5, 5.41) is 4.07. The molecule has 0 saturated heterocycles. The van der Waals surface area contributed by atoms with Crippen molar-refractivity contribution in [2.24, 2.45) is 0 Å². The van der Waals surface area contributed by atoms with Gasteiger partial charge < -0.3 is 15.8 Å². The van der Waals surface area contributed by atoms with Crippen molar-refractivity contribution in [2.75, 3.05) is 25.2 Å². The van der Waals surface area contributed by atoms with E-state index < -0.39 is 0 Å². The van der Waals surface area contributed by atoms with Crippen LogP contribution in [0.3, 0.4) is 0 Å². The second kappa shape index (κ2) is 5.99. The van der Waals surface area contributed by atoms with Crippen molar-refractivity contribution < 1.29 is 4.74 Å². The Morgan fingerprint density at radius 3 is 2.55 bits per heavy atom. The van der Waals surface area contributed by atoms with Crippen molar-refractivity contribution in [3.8, 4) is 11.4 Å². The number of hydrogen-bond acceptors (Lipinski definition) is 5. The molecule has 1 aromatic heterocycles. The summed E-state index contributed by atoms with van der Waals surface area (Å²) in [6.07, 6.45) is 0. The molecular weight excluding hydrogens is 276 g/mol. The number of anilines is 2. The highest BCUT2D eigenvalue weighted by Gasteiger charge is 2.09. The van der Waals surface area contributed by atoms with Crippen molar-refractivity contribution in [2.45, 2.75) is 6.61 Å². The molecule has 3 aromatic rings. The molecule has 0 amide bonds. The van der Waals surface area contributed by atoms with Gasteiger partial charge in [-0.2, -0.15) is 0 Å². The Morgan fingerprint density at radius 1 is 1.09 bits per heavy atom. The van der Waals surface area contributed by atoms with Crippen LogP contribution in [0.5, 0.6) is 0 Å². The summed E-state index contributed by atoms with van der Waals surface area (Å²) >= 11 is 0. The largest absolute Gasteiger partial charge is 0.399 e. The zero-order chi connectivity index (χ0) is 15.5. The fraction of sp³-hybridized carbons (Fsp3) is 0.176. The van der Waals surface area contributed by atoms with E-state index in [1.165, 1.54) is 0 Å². The van der Waals surface area contributed by atoms with Gasteiger partial charge in [-0.3, -0.25) is 0 Å². The fourth-order valence-electron chi connectivity index (χ4n) is 2.38. The van der Waals surface area contributed by atoms with E-state index in [-0.39, 0.29) is 0 Å². The predicted octanol–water partition coefficient (Wildman–Crippen LogP) is 3.07. The number of aromatic nitrogens is 2. The molecule has 0 aliphatic heterocycles. The normalized spacial score (nSPS) is 10.8. The van der Waals surface area contributed by atoms with Crippen LogP contribution in [0.25, 0.3) is 22.3 Å².